The SMILES string of the molecule is CNC(=O)OCCOCCOCCOCCNC(=O)[C@H](N)C(C)C. The number of nitrogens with one attached hydrogen (secondary N) is 2. The van der Waals surface area contributed by atoms with E-state index in [1.54, 1.807) is 0 Å². The number of alkyl carbamates (subject to hydrolysis) is 1. The second kappa shape index (κ2) is 15.1. The van der Waals surface area contributed by atoms with E-state index in [0.717, 1.165) is 0 Å². The Morgan fingerprint density at radius 3 is 1.92 bits per heavy atom. The van der Waals surface area contributed by atoms with E-state index in [9.17, 15) is 9.59 Å². The van der Waals surface area contributed by atoms with Gasteiger partial charge in [0.15, 0.2) is 0 Å². The summed E-state index contributed by atoms with van der Waals surface area (Å²) in [5.41, 5.74) is 5.71. The molecule has 4 N–H and O–H groups in total. The van der Waals surface area contributed by atoms with E-state index in [1.165, 1.54) is 7.05 Å². The van der Waals surface area contributed by atoms with E-state index in [2.05, 4.69) is 10.6 Å². The zero-order valence-electron chi connectivity index (χ0n) is 14.8. The summed E-state index contributed by atoms with van der Waals surface area (Å²) in [6.07, 6.45) is -0.477. The molecule has 0 aliphatic heterocycles. The number of ether oxygens (including phenoxy) is 4. The molecule has 0 fully saturated rings. The molecule has 0 saturated heterocycles. The summed E-state index contributed by atoms with van der Waals surface area (Å²) in [4.78, 5) is 22.3. The number of hydrogen-bond acceptors (Lipinski definition) is 7. The molecule has 1 atom stereocenters. The van der Waals surface area contributed by atoms with E-state index in [1.807, 2.05) is 13.8 Å². The molecule has 0 saturated carbocycles. The van der Waals surface area contributed by atoms with Crippen molar-refractivity contribution < 1.29 is 28.5 Å². The highest BCUT2D eigenvalue weighted by atomic mass is 16.6. The van der Waals surface area contributed by atoms with Crippen LogP contribution in [0.4, 0.5) is 4.79 Å². The van der Waals surface area contributed by atoms with Crippen molar-refractivity contribution in [3.8, 4) is 0 Å². The van der Waals surface area contributed by atoms with E-state index in [4.69, 9.17) is 24.7 Å². The van der Waals surface area contributed by atoms with Gasteiger partial charge in [0.1, 0.15) is 6.61 Å². The smallest absolute Gasteiger partial charge is 0.406 e. The van der Waals surface area contributed by atoms with Crippen LogP contribution in [0.25, 0.3) is 0 Å². The van der Waals surface area contributed by atoms with Crippen LogP contribution in [0, 0.1) is 5.92 Å². The van der Waals surface area contributed by atoms with Gasteiger partial charge in [0.25, 0.3) is 0 Å². The number of rotatable bonds is 14. The first-order valence-electron chi connectivity index (χ1n) is 8.10. The van der Waals surface area contributed by atoms with Crippen LogP contribution in [0.5, 0.6) is 0 Å². The molecular weight excluding hydrogens is 318 g/mol. The molecular formula is C15H31N3O6. The molecule has 0 aromatic carbocycles. The third kappa shape index (κ3) is 13.1. The Bertz CT molecular complexity index is 341. The fourth-order valence-electron chi connectivity index (χ4n) is 1.47. The third-order valence-corrected chi connectivity index (χ3v) is 2.98. The maximum Gasteiger partial charge on any atom is 0.406 e. The summed E-state index contributed by atoms with van der Waals surface area (Å²) in [6, 6.07) is -0.491. The van der Waals surface area contributed by atoms with Crippen molar-refractivity contribution in [2.45, 2.75) is 19.9 Å². The molecule has 0 spiro atoms. The van der Waals surface area contributed by atoms with Crippen molar-refractivity contribution in [3.05, 3.63) is 0 Å². The van der Waals surface area contributed by atoms with Gasteiger partial charge in [-0.2, -0.15) is 0 Å². The Kier molecular flexibility index (Phi) is 14.2. The van der Waals surface area contributed by atoms with Gasteiger partial charge in [-0.3, -0.25) is 4.79 Å². The molecule has 9 heteroatoms. The first-order chi connectivity index (χ1) is 11.5. The van der Waals surface area contributed by atoms with Crippen LogP contribution in [0.3, 0.4) is 0 Å². The minimum atomic E-state index is -0.491. The van der Waals surface area contributed by atoms with E-state index >= 15 is 0 Å². The van der Waals surface area contributed by atoms with Crippen LogP contribution in [0.15, 0.2) is 0 Å². The lowest BCUT2D eigenvalue weighted by atomic mass is 10.1. The van der Waals surface area contributed by atoms with Gasteiger partial charge in [-0.15, -0.1) is 0 Å². The second-order valence-electron chi connectivity index (χ2n) is 5.28. The lowest BCUT2D eigenvalue weighted by Gasteiger charge is -2.15. The van der Waals surface area contributed by atoms with E-state index in [0.29, 0.717) is 46.2 Å². The largest absolute Gasteiger partial charge is 0.447 e. The molecule has 142 valence electrons. The number of carbonyl (C=O) groups is 2. The Morgan fingerprint density at radius 2 is 1.42 bits per heavy atom. The quantitative estimate of drug-likeness (QED) is 0.361. The van der Waals surface area contributed by atoms with Gasteiger partial charge in [0, 0.05) is 13.6 Å². The summed E-state index contributed by atoms with van der Waals surface area (Å²) >= 11 is 0. The fourth-order valence-corrected chi connectivity index (χ4v) is 1.47. The number of nitrogens with two attached hydrogens (primary N) is 1. The molecule has 0 unspecified atom stereocenters. The number of hydrogen-bond donors (Lipinski definition) is 3. The summed E-state index contributed by atoms with van der Waals surface area (Å²) in [7, 11) is 1.49. The predicted molar refractivity (Wildman–Crippen MR) is 88.7 cm³/mol. The minimum absolute atomic E-state index is 0.108. The normalized spacial score (nSPS) is 12.0. The van der Waals surface area contributed by atoms with Crippen LogP contribution in [-0.2, 0) is 23.7 Å². The van der Waals surface area contributed by atoms with Crippen LogP contribution in [0.2, 0.25) is 0 Å². The molecule has 0 bridgehead atoms. The lowest BCUT2D eigenvalue weighted by Crippen LogP contribution is -2.44. The molecule has 9 nitrogen and oxygen atoms in total. The van der Waals surface area contributed by atoms with Crippen LogP contribution >= 0.6 is 0 Å². The van der Waals surface area contributed by atoms with Crippen LogP contribution < -0.4 is 16.4 Å². The Hall–Kier alpha value is -1.42. The Morgan fingerprint density at radius 1 is 0.917 bits per heavy atom. The lowest BCUT2D eigenvalue weighted by molar-refractivity contribution is -0.123. The third-order valence-electron chi connectivity index (χ3n) is 2.98. The first kappa shape index (κ1) is 22.6. The summed E-state index contributed by atoms with van der Waals surface area (Å²) in [6.45, 7) is 6.89. The van der Waals surface area contributed by atoms with Gasteiger partial charge in [-0.1, -0.05) is 13.8 Å². The monoisotopic (exact) mass is 349 g/mol. The molecule has 0 rings (SSSR count). The van der Waals surface area contributed by atoms with Crippen molar-refractivity contribution >= 4 is 12.0 Å². The maximum absolute atomic E-state index is 11.6. The Labute approximate surface area is 143 Å². The molecule has 0 aromatic rings. The molecule has 0 aliphatic rings. The molecule has 2 amide bonds. The summed E-state index contributed by atoms with van der Waals surface area (Å²) in [5, 5.41) is 5.05. The standard InChI is InChI=1S/C15H31N3O6/c1-12(2)13(16)14(19)18-4-5-21-6-7-22-8-9-23-10-11-24-15(20)17-3/h12-13H,4-11,16H2,1-3H3,(H,17,20)(H,18,19)/t13-/m1/s1. The molecule has 24 heavy (non-hydrogen) atoms. The van der Waals surface area contributed by atoms with Gasteiger partial charge in [0.2, 0.25) is 5.91 Å². The molecule has 0 aliphatic carbocycles. The Balaban J connectivity index is 3.23. The highest BCUT2D eigenvalue weighted by Crippen LogP contribution is 1.97. The van der Waals surface area contributed by atoms with Gasteiger partial charge in [-0.25, -0.2) is 4.79 Å². The number of carbonyl (C=O) groups excluding carboxylic acids is 2. The molecule has 0 aromatic heterocycles. The zero-order valence-corrected chi connectivity index (χ0v) is 14.8. The van der Waals surface area contributed by atoms with Gasteiger partial charge >= 0.3 is 6.09 Å². The highest BCUT2D eigenvalue weighted by molar-refractivity contribution is 5.81. The van der Waals surface area contributed by atoms with E-state index < -0.39 is 12.1 Å². The summed E-state index contributed by atoms with van der Waals surface area (Å²) in [5.74, 6) is -0.0562. The first-order valence-corrected chi connectivity index (χ1v) is 8.10. The topological polar surface area (TPSA) is 121 Å². The summed E-state index contributed by atoms with van der Waals surface area (Å²) < 4.78 is 20.6. The van der Waals surface area contributed by atoms with Crippen molar-refractivity contribution in [1.29, 1.82) is 0 Å². The maximum atomic E-state index is 11.6. The van der Waals surface area contributed by atoms with Gasteiger partial charge < -0.3 is 35.3 Å². The fraction of sp³-hybridized carbons (Fsp3) is 0.867. The predicted octanol–water partition coefficient (Wildman–Crippen LogP) is -0.508. The number of amides is 2. The average Bonchev–Trinajstić information content (AvgIpc) is 2.57. The molecule has 0 heterocycles. The second-order valence-corrected chi connectivity index (χ2v) is 5.28. The van der Waals surface area contributed by atoms with Crippen molar-refractivity contribution in [2.24, 2.45) is 11.7 Å². The van der Waals surface area contributed by atoms with Crippen molar-refractivity contribution in [3.63, 3.8) is 0 Å². The van der Waals surface area contributed by atoms with Crippen molar-refractivity contribution in [1.82, 2.24) is 10.6 Å². The van der Waals surface area contributed by atoms with Crippen LogP contribution in [-0.4, -0.2) is 77.9 Å². The van der Waals surface area contributed by atoms with Gasteiger partial charge in [-0.05, 0) is 5.92 Å². The van der Waals surface area contributed by atoms with Crippen LogP contribution in [0.1, 0.15) is 13.8 Å². The van der Waals surface area contributed by atoms with Gasteiger partial charge in [0.05, 0.1) is 45.7 Å². The van der Waals surface area contributed by atoms with E-state index in [-0.39, 0.29) is 18.4 Å². The molecule has 0 radical (unpaired) electrons. The average molecular weight is 349 g/mol. The minimum Gasteiger partial charge on any atom is -0.447 e. The highest BCUT2D eigenvalue weighted by Gasteiger charge is 2.15. The zero-order chi connectivity index (χ0) is 18.2. The van der Waals surface area contributed by atoms with Crippen molar-refractivity contribution in [2.75, 3.05) is 59.8 Å².